The maximum atomic E-state index is 5.60. The highest BCUT2D eigenvalue weighted by Gasteiger charge is 2.04. The van der Waals surface area contributed by atoms with E-state index in [2.05, 4.69) is 15.0 Å². The first-order chi connectivity index (χ1) is 8.15. The summed E-state index contributed by atoms with van der Waals surface area (Å²) in [5.41, 5.74) is 14.2. The average molecular weight is 267 g/mol. The smallest absolute Gasteiger partial charge is 0.191 e. The molecule has 4 N–H and O–H groups in total. The molecule has 0 saturated carbocycles. The Kier molecular flexibility index (Phi) is 3.80. The van der Waals surface area contributed by atoms with Gasteiger partial charge >= 0.3 is 0 Å². The maximum Gasteiger partial charge on any atom is 0.191 e. The third kappa shape index (κ3) is 3.31. The molecule has 0 atom stereocenters. The largest absolute Gasteiger partial charge is 0.383 e. The molecule has 0 aliphatic carbocycles. The van der Waals surface area contributed by atoms with Crippen LogP contribution in [0.15, 0.2) is 16.7 Å². The second-order valence-electron chi connectivity index (χ2n) is 3.46. The van der Waals surface area contributed by atoms with Crippen LogP contribution in [0.4, 0.5) is 11.6 Å². The summed E-state index contributed by atoms with van der Waals surface area (Å²) in [5, 5.41) is 0.629. The first-order valence-corrected chi connectivity index (χ1v) is 6.93. The number of aromatic nitrogens is 3. The maximum absolute atomic E-state index is 5.60. The Morgan fingerprint density at radius 1 is 1.29 bits per heavy atom. The summed E-state index contributed by atoms with van der Waals surface area (Å²) in [4.78, 5) is 13.7. The second-order valence-corrected chi connectivity index (χ2v) is 5.46. The van der Waals surface area contributed by atoms with E-state index >= 15 is 0 Å². The van der Waals surface area contributed by atoms with Gasteiger partial charge in [0.25, 0.3) is 0 Å². The molecule has 0 aliphatic rings. The lowest BCUT2D eigenvalue weighted by molar-refractivity contribution is 0.981. The summed E-state index contributed by atoms with van der Waals surface area (Å²) in [6.07, 6.45) is 0.958. The van der Waals surface area contributed by atoms with E-state index < -0.39 is 0 Å². The summed E-state index contributed by atoms with van der Waals surface area (Å²) in [6, 6.07) is 1.55. The van der Waals surface area contributed by atoms with Gasteiger partial charge in [0.1, 0.15) is 11.6 Å². The van der Waals surface area contributed by atoms with Crippen molar-refractivity contribution < 1.29 is 0 Å². The van der Waals surface area contributed by atoms with Gasteiger partial charge in [-0.1, -0.05) is 11.8 Å². The van der Waals surface area contributed by atoms with Gasteiger partial charge in [0.15, 0.2) is 5.16 Å². The number of nitrogens with zero attached hydrogens (tertiary/aromatic N) is 3. The van der Waals surface area contributed by atoms with E-state index in [0.29, 0.717) is 16.8 Å². The number of hydrogen-bond donors (Lipinski definition) is 2. The molecule has 0 spiro atoms. The molecule has 0 radical (unpaired) electrons. The van der Waals surface area contributed by atoms with Crippen LogP contribution in [0.5, 0.6) is 0 Å². The Morgan fingerprint density at radius 3 is 2.59 bits per heavy atom. The molecule has 90 valence electrons. The molecule has 7 heteroatoms. The van der Waals surface area contributed by atoms with E-state index in [0.717, 1.165) is 17.9 Å². The predicted octanol–water partition coefficient (Wildman–Crippen LogP) is 1.74. The molecule has 17 heavy (non-hydrogen) atoms. The van der Waals surface area contributed by atoms with Crippen LogP contribution in [0.25, 0.3) is 0 Å². The molecule has 0 aromatic carbocycles. The van der Waals surface area contributed by atoms with Crippen molar-refractivity contribution in [2.75, 3.05) is 17.2 Å². The van der Waals surface area contributed by atoms with E-state index in [1.807, 2.05) is 12.4 Å². The summed E-state index contributed by atoms with van der Waals surface area (Å²) < 4.78 is 0. The molecule has 2 aromatic heterocycles. The summed E-state index contributed by atoms with van der Waals surface area (Å²) in [5.74, 6) is 1.72. The highest BCUT2D eigenvalue weighted by molar-refractivity contribution is 7.99. The van der Waals surface area contributed by atoms with E-state index in [1.165, 1.54) is 4.88 Å². The van der Waals surface area contributed by atoms with Crippen molar-refractivity contribution in [3.05, 3.63) is 22.1 Å². The van der Waals surface area contributed by atoms with E-state index in [9.17, 15) is 0 Å². The third-order valence-electron chi connectivity index (χ3n) is 2.15. The molecule has 2 rings (SSSR count). The normalized spacial score (nSPS) is 10.6. The van der Waals surface area contributed by atoms with Crippen LogP contribution < -0.4 is 11.5 Å². The Bertz CT molecular complexity index is 491. The topological polar surface area (TPSA) is 90.7 Å². The van der Waals surface area contributed by atoms with Crippen molar-refractivity contribution in [3.8, 4) is 0 Å². The van der Waals surface area contributed by atoms with Crippen LogP contribution in [0.2, 0.25) is 0 Å². The Balaban J connectivity index is 1.92. The van der Waals surface area contributed by atoms with Gasteiger partial charge in [0.2, 0.25) is 0 Å². The predicted molar refractivity (Wildman–Crippen MR) is 72.1 cm³/mol. The van der Waals surface area contributed by atoms with Crippen LogP contribution in [0, 0.1) is 6.92 Å². The Hall–Kier alpha value is -1.34. The molecule has 0 bridgehead atoms. The first-order valence-electron chi connectivity index (χ1n) is 5.07. The third-order valence-corrected chi connectivity index (χ3v) is 3.99. The molecule has 5 nitrogen and oxygen atoms in total. The summed E-state index contributed by atoms with van der Waals surface area (Å²) in [6.45, 7) is 2.02. The van der Waals surface area contributed by atoms with Crippen molar-refractivity contribution in [1.82, 2.24) is 15.0 Å². The second kappa shape index (κ2) is 5.33. The van der Waals surface area contributed by atoms with Gasteiger partial charge in [0, 0.05) is 16.7 Å². The quantitative estimate of drug-likeness (QED) is 0.647. The Labute approximate surface area is 108 Å². The van der Waals surface area contributed by atoms with Crippen molar-refractivity contribution in [2.24, 2.45) is 0 Å². The van der Waals surface area contributed by atoms with E-state index in [-0.39, 0.29) is 0 Å². The van der Waals surface area contributed by atoms with Crippen molar-refractivity contribution in [3.63, 3.8) is 0 Å². The minimum Gasteiger partial charge on any atom is -0.383 e. The van der Waals surface area contributed by atoms with Gasteiger partial charge in [-0.2, -0.15) is 0 Å². The molecular weight excluding hydrogens is 254 g/mol. The fourth-order valence-corrected chi connectivity index (χ4v) is 3.07. The molecule has 0 unspecified atom stereocenters. The highest BCUT2D eigenvalue weighted by atomic mass is 32.2. The molecule has 0 fully saturated rings. The first kappa shape index (κ1) is 12.1. The lowest BCUT2D eigenvalue weighted by Crippen LogP contribution is -2.00. The van der Waals surface area contributed by atoms with Crippen molar-refractivity contribution in [1.29, 1.82) is 0 Å². The number of thioether (sulfide) groups is 1. The SMILES string of the molecule is Cc1ncsc1CCSc1nc(N)cc(N)n1. The lowest BCUT2D eigenvalue weighted by atomic mass is 10.3. The van der Waals surface area contributed by atoms with E-state index in [1.54, 1.807) is 29.2 Å². The van der Waals surface area contributed by atoms with Crippen molar-refractivity contribution in [2.45, 2.75) is 18.5 Å². The van der Waals surface area contributed by atoms with Crippen LogP contribution in [-0.2, 0) is 6.42 Å². The lowest BCUT2D eigenvalue weighted by Gasteiger charge is -2.02. The van der Waals surface area contributed by atoms with Gasteiger partial charge in [-0.05, 0) is 13.3 Å². The van der Waals surface area contributed by atoms with Crippen LogP contribution >= 0.6 is 23.1 Å². The fraction of sp³-hybridized carbons (Fsp3) is 0.300. The van der Waals surface area contributed by atoms with Crippen LogP contribution in [0.3, 0.4) is 0 Å². The molecule has 0 saturated heterocycles. The molecule has 2 aromatic rings. The monoisotopic (exact) mass is 267 g/mol. The summed E-state index contributed by atoms with van der Waals surface area (Å²) in [7, 11) is 0. The van der Waals surface area contributed by atoms with Gasteiger partial charge in [-0.3, -0.25) is 0 Å². The van der Waals surface area contributed by atoms with Gasteiger partial charge in [-0.15, -0.1) is 11.3 Å². The van der Waals surface area contributed by atoms with Gasteiger partial charge < -0.3 is 11.5 Å². The standard InChI is InChI=1S/C10H13N5S2/c1-6-7(17-5-13-6)2-3-16-10-14-8(11)4-9(12)15-10/h4-5H,2-3H2,1H3,(H4,11,12,14,15). The fourth-order valence-electron chi connectivity index (χ4n) is 1.33. The number of thiazole rings is 1. The van der Waals surface area contributed by atoms with Gasteiger partial charge in [0.05, 0.1) is 11.2 Å². The number of rotatable bonds is 4. The summed E-state index contributed by atoms with van der Waals surface area (Å²) >= 11 is 3.23. The minimum absolute atomic E-state index is 0.411. The zero-order valence-electron chi connectivity index (χ0n) is 9.38. The van der Waals surface area contributed by atoms with E-state index in [4.69, 9.17) is 11.5 Å². The minimum atomic E-state index is 0.411. The molecule has 0 amide bonds. The number of nitrogens with two attached hydrogens (primary N) is 2. The zero-order valence-corrected chi connectivity index (χ0v) is 11.0. The number of hydrogen-bond acceptors (Lipinski definition) is 7. The van der Waals surface area contributed by atoms with Gasteiger partial charge in [-0.25, -0.2) is 15.0 Å². The average Bonchev–Trinajstić information content (AvgIpc) is 2.63. The van der Waals surface area contributed by atoms with Crippen LogP contribution in [-0.4, -0.2) is 20.7 Å². The molecule has 2 heterocycles. The number of anilines is 2. The Morgan fingerprint density at radius 2 is 2.00 bits per heavy atom. The highest BCUT2D eigenvalue weighted by Crippen LogP contribution is 2.20. The zero-order chi connectivity index (χ0) is 12.3. The van der Waals surface area contributed by atoms with Crippen LogP contribution in [0.1, 0.15) is 10.6 Å². The van der Waals surface area contributed by atoms with Crippen molar-refractivity contribution >= 4 is 34.7 Å². The molecular formula is C10H13N5S2. The molecule has 0 aliphatic heterocycles. The number of nitrogen functional groups attached to an aromatic ring is 2. The number of aryl methyl sites for hydroxylation is 2.